The van der Waals surface area contributed by atoms with Gasteiger partial charge >= 0.3 is 0 Å². The summed E-state index contributed by atoms with van der Waals surface area (Å²) < 4.78 is 3.45. The van der Waals surface area contributed by atoms with Crippen LogP contribution in [0.3, 0.4) is 0 Å². The van der Waals surface area contributed by atoms with Crippen LogP contribution >= 0.6 is 23.2 Å². The van der Waals surface area contributed by atoms with E-state index >= 15 is 0 Å². The molecule has 2 aromatic carbocycles. The molecule has 2 heterocycles. The number of hydrogen-bond donors (Lipinski definition) is 1. The Hall–Kier alpha value is -3.27. The van der Waals surface area contributed by atoms with Crippen LogP contribution in [-0.4, -0.2) is 15.0 Å². The van der Waals surface area contributed by atoms with Gasteiger partial charge in [-0.2, -0.15) is 5.26 Å². The van der Waals surface area contributed by atoms with Crippen LogP contribution in [0.15, 0.2) is 47.3 Å². The number of aryl methyl sites for hydroxylation is 2. The summed E-state index contributed by atoms with van der Waals surface area (Å²) >= 11 is 12.3. The molecule has 0 spiro atoms. The number of nitrogens with zero attached hydrogens (tertiary/aromatic N) is 3. The quantitative estimate of drug-likeness (QED) is 0.386. The standard InChI is InChI=1S/C21H14Cl2N4O2/c1-26-18-6-3-11(19(28)25-10-24)7-14(18)15-9-16(21(29)27(2)20(15)26)13-5-4-12(22)8-17(13)23/h3-9H,1-2H3,(H,25,28). The van der Waals surface area contributed by atoms with Crippen molar-refractivity contribution in [2.24, 2.45) is 14.1 Å². The molecule has 144 valence electrons. The highest BCUT2D eigenvalue weighted by Crippen LogP contribution is 2.33. The Morgan fingerprint density at radius 2 is 1.76 bits per heavy atom. The van der Waals surface area contributed by atoms with Gasteiger partial charge < -0.3 is 4.57 Å². The summed E-state index contributed by atoms with van der Waals surface area (Å²) in [5.74, 6) is -0.489. The van der Waals surface area contributed by atoms with Crippen LogP contribution in [0.25, 0.3) is 33.1 Å². The summed E-state index contributed by atoms with van der Waals surface area (Å²) in [5.41, 5.74) is 2.72. The molecule has 2 aromatic heterocycles. The molecular weight excluding hydrogens is 411 g/mol. The summed E-state index contributed by atoms with van der Waals surface area (Å²) in [6.45, 7) is 0. The van der Waals surface area contributed by atoms with Gasteiger partial charge in [-0.05, 0) is 36.4 Å². The van der Waals surface area contributed by atoms with Crippen molar-refractivity contribution in [1.29, 1.82) is 5.26 Å². The van der Waals surface area contributed by atoms with E-state index < -0.39 is 5.91 Å². The van der Waals surface area contributed by atoms with Crippen LogP contribution in [0, 0.1) is 11.5 Å². The lowest BCUT2D eigenvalue weighted by Gasteiger charge is -2.09. The highest BCUT2D eigenvalue weighted by atomic mass is 35.5. The van der Waals surface area contributed by atoms with Gasteiger partial charge in [0.1, 0.15) is 5.65 Å². The Bertz CT molecular complexity index is 1430. The first-order valence-corrected chi connectivity index (χ1v) is 9.36. The molecule has 29 heavy (non-hydrogen) atoms. The number of nitriles is 1. The maximum absolute atomic E-state index is 13.1. The minimum Gasteiger partial charge on any atom is -0.330 e. The van der Waals surface area contributed by atoms with E-state index in [-0.39, 0.29) is 5.56 Å². The minimum absolute atomic E-state index is 0.199. The van der Waals surface area contributed by atoms with Crippen molar-refractivity contribution in [1.82, 2.24) is 14.5 Å². The Labute approximate surface area is 175 Å². The van der Waals surface area contributed by atoms with E-state index in [4.69, 9.17) is 28.5 Å². The highest BCUT2D eigenvalue weighted by molar-refractivity contribution is 6.36. The van der Waals surface area contributed by atoms with Crippen molar-refractivity contribution in [2.75, 3.05) is 0 Å². The molecule has 0 aliphatic carbocycles. The molecular formula is C21H14Cl2N4O2. The third kappa shape index (κ3) is 2.96. The molecule has 6 nitrogen and oxygen atoms in total. The van der Waals surface area contributed by atoms with E-state index in [1.807, 2.05) is 11.6 Å². The Morgan fingerprint density at radius 3 is 2.45 bits per heavy atom. The van der Waals surface area contributed by atoms with E-state index in [1.165, 1.54) is 0 Å². The summed E-state index contributed by atoms with van der Waals surface area (Å²) in [5, 5.41) is 13.3. The monoisotopic (exact) mass is 424 g/mol. The average molecular weight is 425 g/mol. The third-order valence-electron chi connectivity index (χ3n) is 5.00. The number of carbonyl (C=O) groups excluding carboxylic acids is 1. The first-order chi connectivity index (χ1) is 13.8. The second kappa shape index (κ2) is 6.96. The van der Waals surface area contributed by atoms with Gasteiger partial charge in [-0.25, -0.2) is 0 Å². The Balaban J connectivity index is 2.08. The van der Waals surface area contributed by atoms with Crippen LogP contribution in [0.1, 0.15) is 10.4 Å². The number of pyridine rings is 1. The first-order valence-electron chi connectivity index (χ1n) is 8.60. The lowest BCUT2D eigenvalue weighted by atomic mass is 10.0. The van der Waals surface area contributed by atoms with Gasteiger partial charge in [0.05, 0.1) is 10.5 Å². The Kier molecular flexibility index (Phi) is 4.58. The second-order valence-corrected chi connectivity index (χ2v) is 7.48. The molecule has 4 rings (SSSR count). The Morgan fingerprint density at radius 1 is 1.00 bits per heavy atom. The highest BCUT2D eigenvalue weighted by Gasteiger charge is 2.18. The molecule has 8 heteroatoms. The van der Waals surface area contributed by atoms with Crippen LogP contribution in [-0.2, 0) is 14.1 Å². The smallest absolute Gasteiger partial charge is 0.264 e. The van der Waals surface area contributed by atoms with Crippen LogP contribution < -0.4 is 10.9 Å². The molecule has 0 radical (unpaired) electrons. The number of benzene rings is 2. The van der Waals surface area contributed by atoms with E-state index in [0.29, 0.717) is 32.4 Å². The normalized spacial score (nSPS) is 11.0. The zero-order valence-corrected chi connectivity index (χ0v) is 17.0. The van der Waals surface area contributed by atoms with Crippen LogP contribution in [0.4, 0.5) is 0 Å². The molecule has 0 saturated heterocycles. The van der Waals surface area contributed by atoms with Crippen molar-refractivity contribution in [2.45, 2.75) is 0 Å². The molecule has 0 aliphatic rings. The maximum atomic E-state index is 13.1. The first kappa shape index (κ1) is 19.1. The van der Waals surface area contributed by atoms with E-state index in [2.05, 4.69) is 5.32 Å². The number of hydrogen-bond acceptors (Lipinski definition) is 3. The van der Waals surface area contributed by atoms with Crippen molar-refractivity contribution >= 4 is 51.0 Å². The van der Waals surface area contributed by atoms with Gasteiger partial charge in [0.25, 0.3) is 11.5 Å². The largest absolute Gasteiger partial charge is 0.330 e. The number of aromatic nitrogens is 2. The van der Waals surface area contributed by atoms with Crippen molar-refractivity contribution in [3.8, 4) is 17.3 Å². The molecule has 0 fully saturated rings. The molecule has 1 amide bonds. The molecule has 0 saturated carbocycles. The molecule has 0 aliphatic heterocycles. The number of carbonyl (C=O) groups is 1. The second-order valence-electron chi connectivity index (χ2n) is 6.64. The maximum Gasteiger partial charge on any atom is 0.264 e. The predicted octanol–water partition coefficient (Wildman–Crippen LogP) is 4.21. The zero-order valence-electron chi connectivity index (χ0n) is 15.5. The lowest BCUT2D eigenvalue weighted by molar-refractivity contribution is 0.0973. The lowest BCUT2D eigenvalue weighted by Crippen LogP contribution is -2.20. The SMILES string of the molecule is Cn1c(=O)c(-c2ccc(Cl)cc2Cl)cc2c3cc(C(=O)NC#N)ccc3n(C)c21. The van der Waals surface area contributed by atoms with Crippen LogP contribution in [0.2, 0.25) is 10.0 Å². The van der Waals surface area contributed by atoms with Crippen molar-refractivity contribution in [3.05, 3.63) is 68.4 Å². The molecule has 0 unspecified atom stereocenters. The summed E-state index contributed by atoms with van der Waals surface area (Å²) in [6, 6.07) is 11.9. The zero-order chi connectivity index (χ0) is 20.9. The fraction of sp³-hybridized carbons (Fsp3) is 0.0952. The van der Waals surface area contributed by atoms with E-state index in [1.54, 1.807) is 60.3 Å². The van der Waals surface area contributed by atoms with Crippen molar-refractivity contribution in [3.63, 3.8) is 0 Å². The minimum atomic E-state index is -0.489. The molecule has 0 atom stereocenters. The summed E-state index contributed by atoms with van der Waals surface area (Å²) in [6.07, 6.45) is 1.64. The topological polar surface area (TPSA) is 79.8 Å². The number of fused-ring (bicyclic) bond motifs is 3. The van der Waals surface area contributed by atoms with Gasteiger partial charge in [0, 0.05) is 46.6 Å². The molecule has 0 bridgehead atoms. The van der Waals surface area contributed by atoms with Crippen molar-refractivity contribution < 1.29 is 4.79 Å². The fourth-order valence-corrected chi connectivity index (χ4v) is 4.17. The van der Waals surface area contributed by atoms with Gasteiger partial charge in [0.15, 0.2) is 6.19 Å². The summed E-state index contributed by atoms with van der Waals surface area (Å²) in [7, 11) is 3.55. The fourth-order valence-electron chi connectivity index (χ4n) is 3.66. The average Bonchev–Trinajstić information content (AvgIpc) is 2.97. The predicted molar refractivity (Wildman–Crippen MR) is 114 cm³/mol. The van der Waals surface area contributed by atoms with Gasteiger partial charge in [-0.3, -0.25) is 19.5 Å². The van der Waals surface area contributed by atoms with Gasteiger partial charge in [-0.1, -0.05) is 29.3 Å². The van der Waals surface area contributed by atoms with E-state index in [0.717, 1.165) is 16.3 Å². The molecule has 1 N–H and O–H groups in total. The number of amides is 1. The summed E-state index contributed by atoms with van der Waals surface area (Å²) in [4.78, 5) is 25.2. The van der Waals surface area contributed by atoms with Gasteiger partial charge in [-0.15, -0.1) is 0 Å². The van der Waals surface area contributed by atoms with E-state index in [9.17, 15) is 9.59 Å². The number of nitrogens with one attached hydrogen (secondary N) is 1. The number of halogens is 2. The third-order valence-corrected chi connectivity index (χ3v) is 5.55. The van der Waals surface area contributed by atoms with Gasteiger partial charge in [0.2, 0.25) is 0 Å². The molecule has 4 aromatic rings. The van der Waals surface area contributed by atoms with Crippen LogP contribution in [0.5, 0.6) is 0 Å². The number of rotatable bonds is 2.